The van der Waals surface area contributed by atoms with E-state index in [1.165, 1.54) is 0 Å². The van der Waals surface area contributed by atoms with Gasteiger partial charge in [0.1, 0.15) is 5.75 Å². The summed E-state index contributed by atoms with van der Waals surface area (Å²) in [6.45, 7) is 12.5. The van der Waals surface area contributed by atoms with E-state index in [9.17, 15) is 4.79 Å². The van der Waals surface area contributed by atoms with E-state index in [2.05, 4.69) is 27.4 Å². The number of carbonyl (C=O) groups is 1. The summed E-state index contributed by atoms with van der Waals surface area (Å²) in [7, 11) is 0. The van der Waals surface area contributed by atoms with Gasteiger partial charge in [0.2, 0.25) is 11.8 Å². The third-order valence-electron chi connectivity index (χ3n) is 5.68. The quantitative estimate of drug-likeness (QED) is 0.462. The number of nitrogens with zero attached hydrogens (tertiary/aromatic N) is 2. The maximum absolute atomic E-state index is 12.9. The van der Waals surface area contributed by atoms with E-state index in [1.807, 2.05) is 33.8 Å². The van der Waals surface area contributed by atoms with Gasteiger partial charge in [0, 0.05) is 29.1 Å². The fourth-order valence-electron chi connectivity index (χ4n) is 4.08. The number of hydrogen-bond donors (Lipinski definition) is 2. The number of halogens is 1. The molecule has 1 aromatic heterocycles. The normalized spacial score (nSPS) is 19.1. The Morgan fingerprint density at radius 3 is 2.85 bits per heavy atom. The summed E-state index contributed by atoms with van der Waals surface area (Å²) in [5, 5.41) is 15.4. The van der Waals surface area contributed by atoms with Crippen molar-refractivity contribution in [1.29, 1.82) is 0 Å². The Kier molecular flexibility index (Phi) is 8.55. The van der Waals surface area contributed by atoms with E-state index in [0.29, 0.717) is 40.2 Å². The molecule has 2 atom stereocenters. The molecule has 1 aliphatic rings. The van der Waals surface area contributed by atoms with Crippen molar-refractivity contribution in [2.75, 3.05) is 6.54 Å². The van der Waals surface area contributed by atoms with Gasteiger partial charge in [-0.2, -0.15) is 0 Å². The first-order valence-corrected chi connectivity index (χ1v) is 11.9. The maximum Gasteiger partial charge on any atom is 0.251 e. The molecule has 0 aliphatic heterocycles. The van der Waals surface area contributed by atoms with Crippen LogP contribution in [0.1, 0.15) is 65.2 Å². The topological polar surface area (TPSA) is 89.3 Å². The third-order valence-corrected chi connectivity index (χ3v) is 5.91. The number of carbonyl (C=O) groups excluding carboxylic acids is 1. The monoisotopic (exact) mass is 472 g/mol. The smallest absolute Gasteiger partial charge is 0.251 e. The molecular formula is C25H33ClN4O3. The summed E-state index contributed by atoms with van der Waals surface area (Å²) < 4.78 is 11.9. The number of hydrogen-bond acceptors (Lipinski definition) is 6. The van der Waals surface area contributed by atoms with Crippen molar-refractivity contribution in [2.45, 2.75) is 65.4 Å². The molecule has 0 bridgehead atoms. The highest BCUT2D eigenvalue weighted by atomic mass is 35.5. The zero-order valence-electron chi connectivity index (χ0n) is 19.8. The Hall–Kier alpha value is -2.80. The van der Waals surface area contributed by atoms with Crippen LogP contribution >= 0.6 is 11.6 Å². The molecule has 178 valence electrons. The number of allylic oxidation sites excluding steroid dienone is 2. The van der Waals surface area contributed by atoms with Gasteiger partial charge in [0.25, 0.3) is 5.89 Å². The number of rotatable bonds is 9. The predicted octanol–water partition coefficient (Wildman–Crippen LogP) is 5.59. The van der Waals surface area contributed by atoms with Crippen molar-refractivity contribution in [2.24, 2.45) is 5.92 Å². The lowest BCUT2D eigenvalue weighted by molar-refractivity contribution is -0.125. The molecule has 33 heavy (non-hydrogen) atoms. The predicted molar refractivity (Wildman–Crippen MR) is 130 cm³/mol. The Morgan fingerprint density at radius 1 is 1.36 bits per heavy atom. The summed E-state index contributed by atoms with van der Waals surface area (Å²) >= 11 is 6.20. The Morgan fingerprint density at radius 2 is 2.15 bits per heavy atom. The molecule has 0 saturated heterocycles. The van der Waals surface area contributed by atoms with Gasteiger partial charge in [-0.3, -0.25) is 4.79 Å². The zero-order chi connectivity index (χ0) is 24.0. The fourth-order valence-corrected chi connectivity index (χ4v) is 4.25. The van der Waals surface area contributed by atoms with E-state index in [1.54, 1.807) is 18.2 Å². The SMILES string of the molecule is C=C/C(NC(=O)C1CCCC(c2nnc(-c3cc(Cl)ccc3OC(C)C)o2)C1)=C(/C)NCC. The van der Waals surface area contributed by atoms with Crippen LogP contribution in [0, 0.1) is 5.92 Å². The van der Waals surface area contributed by atoms with Crippen LogP contribution in [0.25, 0.3) is 11.5 Å². The lowest BCUT2D eigenvalue weighted by Gasteiger charge is -2.26. The molecule has 8 heteroatoms. The molecule has 0 spiro atoms. The molecule has 2 aromatic rings. The lowest BCUT2D eigenvalue weighted by atomic mass is 9.81. The van der Waals surface area contributed by atoms with E-state index >= 15 is 0 Å². The average molecular weight is 473 g/mol. The van der Waals surface area contributed by atoms with Crippen molar-refractivity contribution in [3.8, 4) is 17.2 Å². The summed E-state index contributed by atoms with van der Waals surface area (Å²) in [5.41, 5.74) is 2.28. The molecule has 1 saturated carbocycles. The van der Waals surface area contributed by atoms with Crippen LogP contribution in [-0.4, -0.2) is 28.8 Å². The minimum Gasteiger partial charge on any atom is -0.490 e. The summed E-state index contributed by atoms with van der Waals surface area (Å²) in [6.07, 6.45) is 4.96. The maximum atomic E-state index is 12.9. The van der Waals surface area contributed by atoms with Crippen LogP contribution in [-0.2, 0) is 4.79 Å². The second-order valence-corrected chi connectivity index (χ2v) is 9.01. The summed E-state index contributed by atoms with van der Waals surface area (Å²) in [6, 6.07) is 5.35. The molecule has 7 nitrogen and oxygen atoms in total. The average Bonchev–Trinajstić information content (AvgIpc) is 3.28. The Balaban J connectivity index is 1.75. The number of amides is 1. The van der Waals surface area contributed by atoms with Crippen molar-refractivity contribution >= 4 is 17.5 Å². The van der Waals surface area contributed by atoms with E-state index in [0.717, 1.165) is 31.5 Å². The molecular weight excluding hydrogens is 440 g/mol. The van der Waals surface area contributed by atoms with Crippen LogP contribution in [0.5, 0.6) is 5.75 Å². The van der Waals surface area contributed by atoms with Crippen LogP contribution in [0.2, 0.25) is 5.02 Å². The van der Waals surface area contributed by atoms with Gasteiger partial charge in [-0.25, -0.2) is 0 Å². The number of benzene rings is 1. The highest BCUT2D eigenvalue weighted by Crippen LogP contribution is 2.38. The molecule has 3 rings (SSSR count). The summed E-state index contributed by atoms with van der Waals surface area (Å²) in [4.78, 5) is 12.9. The van der Waals surface area contributed by atoms with Crippen molar-refractivity contribution < 1.29 is 13.9 Å². The van der Waals surface area contributed by atoms with Gasteiger partial charge in [-0.1, -0.05) is 24.6 Å². The van der Waals surface area contributed by atoms with E-state index in [4.69, 9.17) is 20.8 Å². The first-order valence-electron chi connectivity index (χ1n) is 11.5. The van der Waals surface area contributed by atoms with Gasteiger partial charge in [0.05, 0.1) is 17.4 Å². The molecule has 0 radical (unpaired) electrons. The standard InChI is InChI=1S/C25H33ClN4O3/c1-6-21(16(5)27-7-2)28-23(31)17-9-8-10-18(13-17)24-29-30-25(33-24)20-14-19(26)11-12-22(20)32-15(3)4/h6,11-12,14-15,17-18,27H,1,7-10,13H2,2-5H3,(H,28,31)/b21-16+. The highest BCUT2D eigenvalue weighted by Gasteiger charge is 2.32. The second-order valence-electron chi connectivity index (χ2n) is 8.58. The molecule has 1 fully saturated rings. The molecule has 2 unspecified atom stereocenters. The van der Waals surface area contributed by atoms with Crippen LogP contribution in [0.15, 0.2) is 46.7 Å². The van der Waals surface area contributed by atoms with Crippen LogP contribution in [0.4, 0.5) is 0 Å². The minimum atomic E-state index is -0.130. The van der Waals surface area contributed by atoms with Gasteiger partial charge < -0.3 is 19.8 Å². The number of aromatic nitrogens is 2. The largest absolute Gasteiger partial charge is 0.490 e. The molecule has 1 heterocycles. The van der Waals surface area contributed by atoms with Crippen molar-refractivity contribution in [3.63, 3.8) is 0 Å². The van der Waals surface area contributed by atoms with Crippen molar-refractivity contribution in [3.05, 3.63) is 53.2 Å². The number of ether oxygens (including phenoxy) is 1. The number of nitrogens with one attached hydrogen (secondary N) is 2. The fraction of sp³-hybridized carbons (Fsp3) is 0.480. The van der Waals surface area contributed by atoms with E-state index in [-0.39, 0.29) is 23.8 Å². The minimum absolute atomic E-state index is 0.00407. The Bertz CT molecular complexity index is 1010. The molecule has 1 amide bonds. The molecule has 1 aromatic carbocycles. The van der Waals surface area contributed by atoms with Gasteiger partial charge in [0.15, 0.2) is 0 Å². The van der Waals surface area contributed by atoms with Gasteiger partial charge >= 0.3 is 0 Å². The van der Waals surface area contributed by atoms with Crippen molar-refractivity contribution in [1.82, 2.24) is 20.8 Å². The molecule has 1 aliphatic carbocycles. The second kappa shape index (κ2) is 11.4. The first kappa shape index (κ1) is 24.8. The van der Waals surface area contributed by atoms with Crippen LogP contribution < -0.4 is 15.4 Å². The van der Waals surface area contributed by atoms with Crippen LogP contribution in [0.3, 0.4) is 0 Å². The molecule has 2 N–H and O–H groups in total. The lowest BCUT2D eigenvalue weighted by Crippen LogP contribution is -2.34. The Labute approximate surface area is 200 Å². The summed E-state index contributed by atoms with van der Waals surface area (Å²) in [5.74, 6) is 1.44. The highest BCUT2D eigenvalue weighted by molar-refractivity contribution is 6.30. The van der Waals surface area contributed by atoms with Gasteiger partial charge in [-0.15, -0.1) is 10.2 Å². The first-order chi connectivity index (χ1) is 15.8. The van der Waals surface area contributed by atoms with Gasteiger partial charge in [-0.05, 0) is 71.2 Å². The zero-order valence-corrected chi connectivity index (χ0v) is 20.5. The van der Waals surface area contributed by atoms with E-state index < -0.39 is 0 Å². The third kappa shape index (κ3) is 6.38.